The molecule has 0 aliphatic heterocycles. The Morgan fingerprint density at radius 1 is 1.39 bits per heavy atom. The summed E-state index contributed by atoms with van der Waals surface area (Å²) in [6.45, 7) is 2.65. The van der Waals surface area contributed by atoms with E-state index < -0.39 is 0 Å². The first-order chi connectivity index (χ1) is 8.66. The lowest BCUT2D eigenvalue weighted by molar-refractivity contribution is 0.183. The Kier molecular flexibility index (Phi) is 4.39. The van der Waals surface area contributed by atoms with Crippen molar-refractivity contribution in [2.75, 3.05) is 11.9 Å². The Morgan fingerprint density at radius 3 is 3.00 bits per heavy atom. The van der Waals surface area contributed by atoms with Crippen molar-refractivity contribution >= 4 is 28.2 Å². The van der Waals surface area contributed by atoms with Gasteiger partial charge >= 0.3 is 0 Å². The quantitative estimate of drug-likeness (QED) is 0.813. The Hall–Kier alpha value is -1.32. The number of aliphatic hydroxyl groups excluding tert-OH is 1. The molecule has 2 rings (SSSR count). The zero-order chi connectivity index (χ0) is 13.0. The molecule has 1 atom stereocenters. The van der Waals surface area contributed by atoms with Crippen molar-refractivity contribution in [2.24, 2.45) is 0 Å². The van der Waals surface area contributed by atoms with Gasteiger partial charge in [0.15, 0.2) is 0 Å². The Balaban J connectivity index is 2.08. The van der Waals surface area contributed by atoms with Gasteiger partial charge in [0.2, 0.25) is 0 Å². The van der Waals surface area contributed by atoms with Crippen molar-refractivity contribution in [1.29, 1.82) is 0 Å². The van der Waals surface area contributed by atoms with Crippen LogP contribution in [-0.4, -0.2) is 22.7 Å². The summed E-state index contributed by atoms with van der Waals surface area (Å²) in [5, 5.41) is 14.3. The molecule has 2 aromatic rings. The summed E-state index contributed by atoms with van der Waals surface area (Å²) in [4.78, 5) is 4.29. The molecule has 0 saturated heterocycles. The minimum absolute atomic E-state index is 0.236. The highest BCUT2D eigenvalue weighted by molar-refractivity contribution is 6.31. The van der Waals surface area contributed by atoms with Gasteiger partial charge in [-0.1, -0.05) is 11.6 Å². The lowest BCUT2D eigenvalue weighted by Gasteiger charge is -2.10. The van der Waals surface area contributed by atoms with Crippen LogP contribution in [0.3, 0.4) is 0 Å². The van der Waals surface area contributed by atoms with Gasteiger partial charge in [-0.2, -0.15) is 0 Å². The molecule has 18 heavy (non-hydrogen) atoms. The molecule has 1 unspecified atom stereocenters. The normalized spacial score (nSPS) is 12.6. The van der Waals surface area contributed by atoms with Gasteiger partial charge in [-0.3, -0.25) is 4.98 Å². The van der Waals surface area contributed by atoms with Crippen LogP contribution < -0.4 is 5.32 Å². The topological polar surface area (TPSA) is 45.1 Å². The molecule has 1 aromatic carbocycles. The molecule has 0 spiro atoms. The summed E-state index contributed by atoms with van der Waals surface area (Å²) in [7, 11) is 0. The highest BCUT2D eigenvalue weighted by atomic mass is 35.5. The van der Waals surface area contributed by atoms with E-state index in [1.807, 2.05) is 31.2 Å². The maximum atomic E-state index is 9.20. The summed E-state index contributed by atoms with van der Waals surface area (Å²) >= 11 is 5.94. The predicted molar refractivity (Wildman–Crippen MR) is 76.2 cm³/mol. The van der Waals surface area contributed by atoms with E-state index in [0.29, 0.717) is 5.02 Å². The van der Waals surface area contributed by atoms with Gasteiger partial charge in [0.1, 0.15) is 0 Å². The summed E-state index contributed by atoms with van der Waals surface area (Å²) in [5.74, 6) is 0. The minimum atomic E-state index is -0.236. The number of rotatable bonds is 5. The number of nitrogens with one attached hydrogen (secondary N) is 1. The fourth-order valence-electron chi connectivity index (χ4n) is 1.90. The summed E-state index contributed by atoms with van der Waals surface area (Å²) in [6.07, 6.45) is 3.28. The lowest BCUT2D eigenvalue weighted by Crippen LogP contribution is -2.06. The van der Waals surface area contributed by atoms with Gasteiger partial charge in [-0.15, -0.1) is 0 Å². The number of aliphatic hydroxyl groups is 1. The predicted octanol–water partition coefficient (Wildman–Crippen LogP) is 3.46. The Labute approximate surface area is 112 Å². The van der Waals surface area contributed by atoms with Gasteiger partial charge in [0.25, 0.3) is 0 Å². The standard InChI is InChI=1S/C14H17ClN2O/c1-10(18)3-2-7-16-13-6-8-17-14-9-11(15)4-5-12(13)14/h4-6,8-10,18H,2-3,7H2,1H3,(H,16,17). The van der Waals surface area contributed by atoms with Crippen molar-refractivity contribution < 1.29 is 5.11 Å². The largest absolute Gasteiger partial charge is 0.393 e. The number of halogens is 1. The van der Waals surface area contributed by atoms with Gasteiger partial charge in [0, 0.05) is 28.8 Å². The van der Waals surface area contributed by atoms with Gasteiger partial charge in [0.05, 0.1) is 11.6 Å². The fourth-order valence-corrected chi connectivity index (χ4v) is 2.06. The summed E-state index contributed by atoms with van der Waals surface area (Å²) in [5.41, 5.74) is 1.95. The van der Waals surface area contributed by atoms with Crippen molar-refractivity contribution in [3.05, 3.63) is 35.5 Å². The molecule has 0 aliphatic carbocycles. The number of aromatic nitrogens is 1. The SMILES string of the molecule is CC(O)CCCNc1ccnc2cc(Cl)ccc12. The smallest absolute Gasteiger partial charge is 0.0737 e. The molecule has 2 N–H and O–H groups in total. The van der Waals surface area contributed by atoms with Crippen LogP contribution in [0.1, 0.15) is 19.8 Å². The molecule has 96 valence electrons. The van der Waals surface area contributed by atoms with E-state index in [1.54, 1.807) is 6.20 Å². The molecule has 1 heterocycles. The van der Waals surface area contributed by atoms with E-state index in [-0.39, 0.29) is 6.10 Å². The van der Waals surface area contributed by atoms with Gasteiger partial charge in [-0.25, -0.2) is 0 Å². The van der Waals surface area contributed by atoms with E-state index in [2.05, 4.69) is 10.3 Å². The van der Waals surface area contributed by atoms with Crippen molar-refractivity contribution in [2.45, 2.75) is 25.9 Å². The number of anilines is 1. The maximum Gasteiger partial charge on any atom is 0.0737 e. The Morgan fingerprint density at radius 2 is 2.22 bits per heavy atom. The molecular formula is C14H17ClN2O. The zero-order valence-electron chi connectivity index (χ0n) is 10.4. The van der Waals surface area contributed by atoms with E-state index in [1.165, 1.54) is 0 Å². The highest BCUT2D eigenvalue weighted by Gasteiger charge is 2.02. The maximum absolute atomic E-state index is 9.20. The van der Waals surface area contributed by atoms with Crippen molar-refractivity contribution in [3.63, 3.8) is 0 Å². The minimum Gasteiger partial charge on any atom is -0.393 e. The number of nitrogens with zero attached hydrogens (tertiary/aromatic N) is 1. The zero-order valence-corrected chi connectivity index (χ0v) is 11.1. The first-order valence-corrected chi connectivity index (χ1v) is 6.51. The molecule has 0 amide bonds. The molecule has 0 aliphatic rings. The van der Waals surface area contributed by atoms with E-state index >= 15 is 0 Å². The number of hydrogen-bond acceptors (Lipinski definition) is 3. The monoisotopic (exact) mass is 264 g/mol. The van der Waals surface area contributed by atoms with Crippen LogP contribution in [0, 0.1) is 0 Å². The van der Waals surface area contributed by atoms with Crippen molar-refractivity contribution in [3.8, 4) is 0 Å². The van der Waals surface area contributed by atoms with Crippen LogP contribution in [0.5, 0.6) is 0 Å². The average Bonchev–Trinajstić information content (AvgIpc) is 2.34. The van der Waals surface area contributed by atoms with Crippen LogP contribution >= 0.6 is 11.6 Å². The first kappa shape index (κ1) is 13.1. The Bertz CT molecular complexity index is 528. The summed E-state index contributed by atoms with van der Waals surface area (Å²) in [6, 6.07) is 7.66. The van der Waals surface area contributed by atoms with Crippen LogP contribution in [0.4, 0.5) is 5.69 Å². The van der Waals surface area contributed by atoms with E-state index in [4.69, 9.17) is 11.6 Å². The van der Waals surface area contributed by atoms with Crippen LogP contribution in [0.2, 0.25) is 5.02 Å². The number of pyridine rings is 1. The molecule has 1 aromatic heterocycles. The second kappa shape index (κ2) is 6.03. The third-order valence-electron chi connectivity index (χ3n) is 2.82. The van der Waals surface area contributed by atoms with Crippen LogP contribution in [0.15, 0.2) is 30.5 Å². The molecule has 0 fully saturated rings. The molecule has 3 nitrogen and oxygen atoms in total. The molecular weight excluding hydrogens is 248 g/mol. The molecule has 0 saturated carbocycles. The average molecular weight is 265 g/mol. The number of benzene rings is 1. The summed E-state index contributed by atoms with van der Waals surface area (Å²) < 4.78 is 0. The number of fused-ring (bicyclic) bond motifs is 1. The van der Waals surface area contributed by atoms with Crippen LogP contribution in [-0.2, 0) is 0 Å². The third-order valence-corrected chi connectivity index (χ3v) is 3.05. The third kappa shape index (κ3) is 3.34. The lowest BCUT2D eigenvalue weighted by atomic mass is 10.1. The molecule has 4 heteroatoms. The fraction of sp³-hybridized carbons (Fsp3) is 0.357. The second-order valence-electron chi connectivity index (χ2n) is 4.44. The van der Waals surface area contributed by atoms with Crippen LogP contribution in [0.25, 0.3) is 10.9 Å². The second-order valence-corrected chi connectivity index (χ2v) is 4.87. The highest BCUT2D eigenvalue weighted by Crippen LogP contribution is 2.24. The number of hydrogen-bond donors (Lipinski definition) is 2. The van der Waals surface area contributed by atoms with E-state index in [0.717, 1.165) is 36.0 Å². The van der Waals surface area contributed by atoms with Gasteiger partial charge < -0.3 is 10.4 Å². The molecule has 0 radical (unpaired) electrons. The van der Waals surface area contributed by atoms with Crippen molar-refractivity contribution in [1.82, 2.24) is 4.98 Å². The molecule has 0 bridgehead atoms. The van der Waals surface area contributed by atoms with E-state index in [9.17, 15) is 5.11 Å². The van der Waals surface area contributed by atoms with Gasteiger partial charge in [-0.05, 0) is 44.0 Å². The first-order valence-electron chi connectivity index (χ1n) is 6.13.